The summed E-state index contributed by atoms with van der Waals surface area (Å²) in [5.74, 6) is 0.169. The number of thiophene rings is 1. The Morgan fingerprint density at radius 2 is 2.20 bits per heavy atom. The van der Waals surface area contributed by atoms with Crippen LogP contribution in [0.3, 0.4) is 0 Å². The molecule has 3 N–H and O–H groups in total. The molecule has 10 heteroatoms. The minimum atomic E-state index is -3.95. The lowest BCUT2D eigenvalue weighted by atomic mass is 10.3. The summed E-state index contributed by atoms with van der Waals surface area (Å²) in [6.45, 7) is 1.69. The summed E-state index contributed by atoms with van der Waals surface area (Å²) < 4.78 is 26.3. The highest BCUT2D eigenvalue weighted by Gasteiger charge is 2.25. The number of nitrogens with two attached hydrogens (primary N) is 1. The molecule has 0 atom stereocenters. The van der Waals surface area contributed by atoms with E-state index in [1.807, 2.05) is 0 Å². The number of nitro groups is 1. The summed E-state index contributed by atoms with van der Waals surface area (Å²) in [5, 5.41) is 10.5. The number of nitrogen functional groups attached to an aromatic ring is 1. The van der Waals surface area contributed by atoms with Crippen LogP contribution in [0, 0.1) is 17.0 Å². The van der Waals surface area contributed by atoms with E-state index in [0.717, 1.165) is 6.07 Å². The van der Waals surface area contributed by atoms with Gasteiger partial charge in [-0.3, -0.25) is 14.8 Å². The zero-order valence-electron chi connectivity index (χ0n) is 10.2. The van der Waals surface area contributed by atoms with Gasteiger partial charge in [-0.1, -0.05) is 17.4 Å². The van der Waals surface area contributed by atoms with Crippen LogP contribution in [0.15, 0.2) is 28.6 Å². The first kappa shape index (κ1) is 14.2. The van der Waals surface area contributed by atoms with Crippen molar-refractivity contribution in [1.29, 1.82) is 0 Å². The molecule has 2 rings (SSSR count). The van der Waals surface area contributed by atoms with Crippen LogP contribution in [0.4, 0.5) is 16.5 Å². The molecule has 8 nitrogen and oxygen atoms in total. The van der Waals surface area contributed by atoms with E-state index in [0.29, 0.717) is 16.9 Å². The highest BCUT2D eigenvalue weighted by Crippen LogP contribution is 2.35. The molecule has 0 aliphatic carbocycles. The Labute approximate surface area is 118 Å². The number of hydrogen-bond acceptors (Lipinski definition) is 7. The molecule has 0 fully saturated rings. The van der Waals surface area contributed by atoms with Gasteiger partial charge in [0.2, 0.25) is 0 Å². The smallest absolute Gasteiger partial charge is 0.304 e. The molecule has 106 valence electrons. The predicted octanol–water partition coefficient (Wildman–Crippen LogP) is 1.74. The van der Waals surface area contributed by atoms with Crippen LogP contribution >= 0.6 is 11.3 Å². The number of hydrogen-bond donors (Lipinski definition) is 2. The molecule has 0 amide bonds. The number of aryl methyl sites for hydroxylation is 1. The zero-order chi connectivity index (χ0) is 14.9. The standard InChI is InChI=1S/C10H10N4O4S2/c1-6-3-2-4-12-10(6)13-20(17,18)8-5-7(14(15)16)9(11)19-8/h2-5H,11H2,1H3,(H,12,13). The lowest BCUT2D eigenvalue weighted by Crippen LogP contribution is -2.13. The van der Waals surface area contributed by atoms with Gasteiger partial charge in [-0.05, 0) is 18.6 Å². The van der Waals surface area contributed by atoms with Gasteiger partial charge >= 0.3 is 5.69 Å². The molecule has 0 saturated heterocycles. The summed E-state index contributed by atoms with van der Waals surface area (Å²) in [7, 11) is -3.95. The van der Waals surface area contributed by atoms with Gasteiger partial charge in [-0.2, -0.15) is 0 Å². The van der Waals surface area contributed by atoms with E-state index in [1.54, 1.807) is 19.1 Å². The number of nitrogens with one attached hydrogen (secondary N) is 1. The molecule has 2 aromatic rings. The molecule has 2 aromatic heterocycles. The molecular weight excluding hydrogens is 304 g/mol. The molecular formula is C10H10N4O4S2. The number of sulfonamides is 1. The molecule has 0 aromatic carbocycles. The zero-order valence-corrected chi connectivity index (χ0v) is 11.9. The minimum absolute atomic E-state index is 0.159. The van der Waals surface area contributed by atoms with Crippen molar-refractivity contribution in [1.82, 2.24) is 4.98 Å². The van der Waals surface area contributed by atoms with Crippen LogP contribution in [0.1, 0.15) is 5.56 Å². The van der Waals surface area contributed by atoms with Crippen LogP contribution in [-0.4, -0.2) is 18.3 Å². The van der Waals surface area contributed by atoms with Crippen molar-refractivity contribution in [3.8, 4) is 0 Å². The number of rotatable bonds is 4. The summed E-state index contributed by atoms with van der Waals surface area (Å²) >= 11 is 0.633. The van der Waals surface area contributed by atoms with Crippen molar-refractivity contribution in [2.75, 3.05) is 10.5 Å². The van der Waals surface area contributed by atoms with E-state index >= 15 is 0 Å². The predicted molar refractivity (Wildman–Crippen MR) is 75.2 cm³/mol. The Balaban J connectivity index is 2.39. The molecule has 0 radical (unpaired) electrons. The summed E-state index contributed by atoms with van der Waals surface area (Å²) in [6.07, 6.45) is 1.44. The summed E-state index contributed by atoms with van der Waals surface area (Å²) in [5.41, 5.74) is 5.64. The lowest BCUT2D eigenvalue weighted by Gasteiger charge is -2.06. The SMILES string of the molecule is Cc1cccnc1NS(=O)(=O)c1cc([N+](=O)[O-])c(N)s1. The second kappa shape index (κ2) is 5.06. The number of nitrogens with zero attached hydrogens (tertiary/aromatic N) is 2. The largest absolute Gasteiger partial charge is 0.385 e. The van der Waals surface area contributed by atoms with Gasteiger partial charge in [0, 0.05) is 12.3 Å². The Morgan fingerprint density at radius 1 is 1.50 bits per heavy atom. The van der Waals surface area contributed by atoms with Crippen molar-refractivity contribution in [3.05, 3.63) is 40.1 Å². The Morgan fingerprint density at radius 3 is 2.75 bits per heavy atom. The fourth-order valence-corrected chi connectivity index (χ4v) is 3.71. The van der Waals surface area contributed by atoms with Crippen LogP contribution in [0.25, 0.3) is 0 Å². The highest BCUT2D eigenvalue weighted by atomic mass is 32.2. The lowest BCUT2D eigenvalue weighted by molar-refractivity contribution is -0.383. The van der Waals surface area contributed by atoms with E-state index in [4.69, 9.17) is 5.73 Å². The van der Waals surface area contributed by atoms with E-state index in [-0.39, 0.29) is 15.0 Å². The average Bonchev–Trinajstić information content (AvgIpc) is 2.75. The maximum atomic E-state index is 12.1. The quantitative estimate of drug-likeness (QED) is 0.653. The van der Waals surface area contributed by atoms with Crippen LogP contribution in [0.2, 0.25) is 0 Å². The van der Waals surface area contributed by atoms with Crippen LogP contribution in [-0.2, 0) is 10.0 Å². The van der Waals surface area contributed by atoms with E-state index in [9.17, 15) is 18.5 Å². The Bertz CT molecular complexity index is 769. The average molecular weight is 314 g/mol. The third kappa shape index (κ3) is 2.70. The van der Waals surface area contributed by atoms with Gasteiger partial charge in [-0.15, -0.1) is 0 Å². The van der Waals surface area contributed by atoms with Gasteiger partial charge in [-0.25, -0.2) is 13.4 Å². The number of anilines is 2. The third-order valence-corrected chi connectivity index (χ3v) is 5.19. The monoisotopic (exact) mass is 314 g/mol. The van der Waals surface area contributed by atoms with Gasteiger partial charge in [0.25, 0.3) is 10.0 Å². The topological polar surface area (TPSA) is 128 Å². The first-order valence-corrected chi connectivity index (χ1v) is 7.59. The van der Waals surface area contributed by atoms with E-state index in [2.05, 4.69) is 9.71 Å². The fourth-order valence-electron chi connectivity index (χ4n) is 1.42. The second-order valence-electron chi connectivity index (χ2n) is 3.85. The molecule has 2 heterocycles. The van der Waals surface area contributed by atoms with Crippen LogP contribution in [0.5, 0.6) is 0 Å². The molecule has 0 aliphatic heterocycles. The van der Waals surface area contributed by atoms with Crippen molar-refractivity contribution in [3.63, 3.8) is 0 Å². The maximum absolute atomic E-state index is 12.1. The van der Waals surface area contributed by atoms with Crippen molar-refractivity contribution in [2.24, 2.45) is 0 Å². The molecule has 0 spiro atoms. The van der Waals surface area contributed by atoms with Crippen molar-refractivity contribution >= 4 is 37.9 Å². The molecule has 20 heavy (non-hydrogen) atoms. The minimum Gasteiger partial charge on any atom is -0.385 e. The Kier molecular flexibility index (Phi) is 3.59. The molecule has 0 unspecified atom stereocenters. The van der Waals surface area contributed by atoms with E-state index < -0.39 is 20.6 Å². The maximum Gasteiger partial charge on any atom is 0.304 e. The molecule has 0 bridgehead atoms. The first-order chi connectivity index (χ1) is 9.31. The van der Waals surface area contributed by atoms with Crippen molar-refractivity contribution < 1.29 is 13.3 Å². The van der Waals surface area contributed by atoms with Crippen molar-refractivity contribution in [2.45, 2.75) is 11.1 Å². The highest BCUT2D eigenvalue weighted by molar-refractivity contribution is 7.94. The summed E-state index contributed by atoms with van der Waals surface area (Å²) in [6, 6.07) is 4.29. The number of pyridine rings is 1. The first-order valence-electron chi connectivity index (χ1n) is 5.29. The normalized spacial score (nSPS) is 11.2. The van der Waals surface area contributed by atoms with E-state index in [1.165, 1.54) is 6.20 Å². The van der Waals surface area contributed by atoms with Crippen LogP contribution < -0.4 is 10.5 Å². The fraction of sp³-hybridized carbons (Fsp3) is 0.100. The molecule has 0 saturated carbocycles. The van der Waals surface area contributed by atoms with Gasteiger partial charge in [0.15, 0.2) is 5.00 Å². The second-order valence-corrected chi connectivity index (χ2v) is 6.84. The Hall–Kier alpha value is -2.20. The van der Waals surface area contributed by atoms with Gasteiger partial charge in [0.05, 0.1) is 4.92 Å². The summed E-state index contributed by atoms with van der Waals surface area (Å²) in [4.78, 5) is 13.9. The van der Waals surface area contributed by atoms with Gasteiger partial charge in [0.1, 0.15) is 10.0 Å². The number of aromatic nitrogens is 1. The van der Waals surface area contributed by atoms with Gasteiger partial charge < -0.3 is 5.73 Å². The third-order valence-electron chi connectivity index (χ3n) is 2.42. The molecule has 0 aliphatic rings.